The van der Waals surface area contributed by atoms with Crippen LogP contribution in [0.25, 0.3) is 0 Å². The zero-order valence-corrected chi connectivity index (χ0v) is 20.1. The summed E-state index contributed by atoms with van der Waals surface area (Å²) in [4.78, 5) is 38.9. The number of hydrogen-bond donors (Lipinski definition) is 2. The van der Waals surface area contributed by atoms with E-state index >= 15 is 0 Å². The lowest BCUT2D eigenvalue weighted by Crippen LogP contribution is -2.46. The quantitative estimate of drug-likeness (QED) is 0.223. The molecule has 1 aromatic rings. The number of aldehydes is 1. The molecule has 1 aliphatic carbocycles. The molecule has 32 heavy (non-hydrogen) atoms. The fourth-order valence-corrected chi connectivity index (χ4v) is 5.32. The van der Waals surface area contributed by atoms with Gasteiger partial charge in [0.25, 0.3) is 5.91 Å². The maximum Gasteiger partial charge on any atom is 0.255 e. The van der Waals surface area contributed by atoms with Crippen LogP contribution in [0.1, 0.15) is 73.7 Å². The van der Waals surface area contributed by atoms with Crippen LogP contribution in [0, 0.1) is 5.92 Å². The number of nitrogens with zero attached hydrogens (tertiary/aromatic N) is 1. The van der Waals surface area contributed by atoms with E-state index in [0.29, 0.717) is 18.5 Å². The average molecular weight is 460 g/mol. The molecule has 0 bridgehead atoms. The van der Waals surface area contributed by atoms with Crippen molar-refractivity contribution >= 4 is 29.9 Å². The summed E-state index contributed by atoms with van der Waals surface area (Å²) in [5.41, 5.74) is 1.71. The molecule has 6 nitrogen and oxygen atoms in total. The van der Waals surface area contributed by atoms with E-state index in [9.17, 15) is 14.4 Å². The number of carbonyl (C=O) groups excluding carboxylic acids is 3. The number of nitrogens with one attached hydrogen (secondary N) is 2. The molecule has 1 aromatic carbocycles. The third-order valence-electron chi connectivity index (χ3n) is 6.32. The van der Waals surface area contributed by atoms with E-state index in [1.807, 2.05) is 23.9 Å². The molecule has 3 rings (SSSR count). The van der Waals surface area contributed by atoms with Gasteiger partial charge in [0, 0.05) is 30.5 Å². The minimum absolute atomic E-state index is 0.114. The van der Waals surface area contributed by atoms with Crippen molar-refractivity contribution in [3.63, 3.8) is 0 Å². The van der Waals surface area contributed by atoms with Crippen molar-refractivity contribution in [2.45, 2.75) is 75.3 Å². The number of fused-ring (bicyclic) bond motifs is 1. The van der Waals surface area contributed by atoms with E-state index in [4.69, 9.17) is 0 Å². The van der Waals surface area contributed by atoms with E-state index < -0.39 is 6.04 Å². The molecule has 0 spiro atoms. The van der Waals surface area contributed by atoms with E-state index in [1.165, 1.54) is 51.5 Å². The number of thioether (sulfide) groups is 1. The Bertz CT molecular complexity index is 782. The van der Waals surface area contributed by atoms with Crippen LogP contribution < -0.4 is 10.6 Å². The first kappa shape index (κ1) is 24.8. The predicted octanol–water partition coefficient (Wildman–Crippen LogP) is 3.78. The van der Waals surface area contributed by atoms with Crippen LogP contribution in [0.5, 0.6) is 0 Å². The fraction of sp³-hybridized carbons (Fsp3) is 0.640. The summed E-state index contributed by atoms with van der Waals surface area (Å²) in [6, 6.07) is 5.24. The zero-order valence-electron chi connectivity index (χ0n) is 19.2. The molecule has 1 saturated carbocycles. The van der Waals surface area contributed by atoms with Gasteiger partial charge in [-0.15, -0.1) is 11.8 Å². The van der Waals surface area contributed by atoms with Gasteiger partial charge in [-0.25, -0.2) is 0 Å². The minimum atomic E-state index is -0.610. The Hall–Kier alpha value is -1.86. The molecule has 2 amide bonds. The van der Waals surface area contributed by atoms with Crippen LogP contribution in [0.15, 0.2) is 23.1 Å². The van der Waals surface area contributed by atoms with Crippen LogP contribution in [0.4, 0.5) is 0 Å². The van der Waals surface area contributed by atoms with Crippen molar-refractivity contribution < 1.29 is 14.4 Å². The number of unbranched alkanes of at least 4 members (excludes halogenated alkanes) is 4. The molecule has 0 saturated heterocycles. The van der Waals surface area contributed by atoms with E-state index in [-0.39, 0.29) is 18.2 Å². The molecule has 2 N–H and O–H groups in total. The molecule has 2 aliphatic rings. The normalized spacial score (nSPS) is 16.2. The average Bonchev–Trinajstić information content (AvgIpc) is 3.58. The van der Waals surface area contributed by atoms with Gasteiger partial charge in [0.05, 0.1) is 0 Å². The van der Waals surface area contributed by atoms with Gasteiger partial charge < -0.3 is 20.3 Å². The van der Waals surface area contributed by atoms with Gasteiger partial charge in [0.2, 0.25) is 5.91 Å². The Morgan fingerprint density at radius 2 is 2.00 bits per heavy atom. The fourth-order valence-electron chi connectivity index (χ4n) is 4.23. The van der Waals surface area contributed by atoms with Crippen LogP contribution in [0.2, 0.25) is 0 Å². The van der Waals surface area contributed by atoms with Crippen molar-refractivity contribution in [1.29, 1.82) is 0 Å². The molecule has 1 heterocycles. The summed E-state index contributed by atoms with van der Waals surface area (Å²) >= 11 is 1.81. The van der Waals surface area contributed by atoms with Crippen LogP contribution in [0.3, 0.4) is 0 Å². The molecule has 176 valence electrons. The van der Waals surface area contributed by atoms with Gasteiger partial charge in [-0.05, 0) is 74.6 Å². The van der Waals surface area contributed by atoms with Crippen molar-refractivity contribution in [3.8, 4) is 0 Å². The summed E-state index contributed by atoms with van der Waals surface area (Å²) in [7, 11) is 1.57. The molecular weight excluding hydrogens is 422 g/mol. The highest BCUT2D eigenvalue weighted by molar-refractivity contribution is 7.99. The Kier molecular flexibility index (Phi) is 10.1. The molecule has 1 fully saturated rings. The highest BCUT2D eigenvalue weighted by atomic mass is 32.2. The first-order valence-electron chi connectivity index (χ1n) is 12.1. The smallest absolute Gasteiger partial charge is 0.255 e. The number of hydrogen-bond acceptors (Lipinski definition) is 5. The lowest BCUT2D eigenvalue weighted by molar-refractivity contribution is -0.125. The van der Waals surface area contributed by atoms with Crippen molar-refractivity contribution in [2.24, 2.45) is 5.92 Å². The SMILES string of the molecule is CNC(=O)C(CCC=O)N1Cc2c(SCCCCCCCNCC3CC3)cccc2C1=O. The Balaban J connectivity index is 1.42. The molecule has 0 aromatic heterocycles. The topological polar surface area (TPSA) is 78.5 Å². The van der Waals surface area contributed by atoms with Crippen molar-refractivity contribution in [3.05, 3.63) is 29.3 Å². The lowest BCUT2D eigenvalue weighted by Gasteiger charge is -2.25. The second-order valence-corrected chi connectivity index (χ2v) is 9.99. The number of amides is 2. The van der Waals surface area contributed by atoms with Gasteiger partial charge in [0.1, 0.15) is 12.3 Å². The second-order valence-electron chi connectivity index (χ2n) is 8.85. The molecule has 1 atom stereocenters. The van der Waals surface area contributed by atoms with Crippen LogP contribution in [-0.2, 0) is 16.1 Å². The van der Waals surface area contributed by atoms with Crippen molar-refractivity contribution in [2.75, 3.05) is 25.9 Å². The first-order valence-corrected chi connectivity index (χ1v) is 13.1. The maximum atomic E-state index is 13.0. The van der Waals surface area contributed by atoms with Gasteiger partial charge in [-0.1, -0.05) is 25.3 Å². The highest BCUT2D eigenvalue weighted by Gasteiger charge is 2.36. The molecule has 1 aliphatic heterocycles. The summed E-state index contributed by atoms with van der Waals surface area (Å²) in [6.45, 7) is 2.79. The van der Waals surface area contributed by atoms with Gasteiger partial charge in [-0.2, -0.15) is 0 Å². The standard InChI is InChI=1S/C25H37N3O3S/c1-26-24(30)22(10-8-15-29)28-18-21-20(25(28)31)9-7-11-23(21)32-16-6-4-2-3-5-14-27-17-19-12-13-19/h7,9,11,15,19,22,27H,2-6,8,10,12-14,16-18H2,1H3,(H,26,30). The molecular formula is C25H37N3O3S. The zero-order chi connectivity index (χ0) is 22.8. The predicted molar refractivity (Wildman–Crippen MR) is 129 cm³/mol. The summed E-state index contributed by atoms with van der Waals surface area (Å²) < 4.78 is 0. The number of benzene rings is 1. The number of likely N-dealkylation sites (N-methyl/N-ethyl adjacent to an activating group) is 1. The van der Waals surface area contributed by atoms with E-state index in [1.54, 1.807) is 11.9 Å². The van der Waals surface area contributed by atoms with E-state index in [2.05, 4.69) is 16.7 Å². The first-order chi connectivity index (χ1) is 15.7. The number of rotatable bonds is 16. The van der Waals surface area contributed by atoms with Gasteiger partial charge >= 0.3 is 0 Å². The second kappa shape index (κ2) is 13.0. The summed E-state index contributed by atoms with van der Waals surface area (Å²) in [5.74, 6) is 1.66. The van der Waals surface area contributed by atoms with Crippen molar-refractivity contribution in [1.82, 2.24) is 15.5 Å². The third kappa shape index (κ3) is 7.07. The third-order valence-corrected chi connectivity index (χ3v) is 7.51. The van der Waals surface area contributed by atoms with Gasteiger partial charge in [0.15, 0.2) is 0 Å². The number of carbonyl (C=O) groups is 3. The largest absolute Gasteiger partial charge is 0.357 e. The lowest BCUT2D eigenvalue weighted by atomic mass is 10.1. The Labute approximate surface area is 196 Å². The Morgan fingerprint density at radius 3 is 2.75 bits per heavy atom. The van der Waals surface area contributed by atoms with Gasteiger partial charge in [-0.3, -0.25) is 9.59 Å². The molecule has 0 radical (unpaired) electrons. The minimum Gasteiger partial charge on any atom is -0.357 e. The Morgan fingerprint density at radius 1 is 1.22 bits per heavy atom. The molecule has 7 heteroatoms. The summed E-state index contributed by atoms with van der Waals surface area (Å²) in [6.07, 6.45) is 10.5. The van der Waals surface area contributed by atoms with E-state index in [0.717, 1.165) is 35.0 Å². The monoisotopic (exact) mass is 459 g/mol. The van der Waals surface area contributed by atoms with Crippen LogP contribution >= 0.6 is 11.8 Å². The molecule has 1 unspecified atom stereocenters. The highest BCUT2D eigenvalue weighted by Crippen LogP contribution is 2.34. The van der Waals surface area contributed by atoms with Crippen LogP contribution in [-0.4, -0.2) is 54.9 Å². The summed E-state index contributed by atoms with van der Waals surface area (Å²) in [5, 5.41) is 6.19. The maximum absolute atomic E-state index is 13.0.